The van der Waals surface area contributed by atoms with Gasteiger partial charge in [-0.1, -0.05) is 18.2 Å². The zero-order valence-electron chi connectivity index (χ0n) is 24.2. The Labute approximate surface area is 252 Å². The van der Waals surface area contributed by atoms with Gasteiger partial charge in [-0.25, -0.2) is 4.98 Å². The van der Waals surface area contributed by atoms with Gasteiger partial charge >= 0.3 is 6.61 Å². The lowest BCUT2D eigenvalue weighted by Gasteiger charge is -2.39. The first-order valence-corrected chi connectivity index (χ1v) is 14.3. The molecule has 0 amide bonds. The summed E-state index contributed by atoms with van der Waals surface area (Å²) in [5, 5.41) is 50.1. The summed E-state index contributed by atoms with van der Waals surface area (Å²) in [5.41, 5.74) is 1.64. The monoisotopic (exact) mass is 618 g/mol. The molecule has 0 bridgehead atoms. The molecule has 3 heterocycles. The van der Waals surface area contributed by atoms with Crippen molar-refractivity contribution in [3.63, 3.8) is 0 Å². The van der Waals surface area contributed by atoms with E-state index in [1.165, 1.54) is 6.07 Å². The average Bonchev–Trinajstić information content (AvgIpc) is 3.81. The molecule has 1 aromatic carbocycles. The molecule has 5 N–H and O–H groups in total. The summed E-state index contributed by atoms with van der Waals surface area (Å²) in [6.45, 7) is -0.330. The number of aliphatic hydroxyl groups is 5. The summed E-state index contributed by atoms with van der Waals surface area (Å²) in [5.74, 6) is -0.0991. The van der Waals surface area contributed by atoms with Gasteiger partial charge in [0.05, 0.1) is 18.4 Å². The first-order valence-electron chi connectivity index (χ1n) is 14.3. The highest BCUT2D eigenvalue weighted by Gasteiger charge is 2.44. The maximum absolute atomic E-state index is 13.1. The van der Waals surface area contributed by atoms with Crippen LogP contribution >= 0.6 is 0 Å². The van der Waals surface area contributed by atoms with E-state index >= 15 is 0 Å². The lowest BCUT2D eigenvalue weighted by molar-refractivity contribution is -0.278. The van der Waals surface area contributed by atoms with E-state index in [9.17, 15) is 34.3 Å². The zero-order valence-corrected chi connectivity index (χ0v) is 24.2. The molecule has 11 nitrogen and oxygen atoms in total. The number of pyridine rings is 2. The number of aromatic nitrogens is 2. The van der Waals surface area contributed by atoms with Crippen LogP contribution < -0.4 is 14.2 Å². The fraction of sp³-hybridized carbons (Fsp3) is 0.484. The molecular weight excluding hydrogens is 582 g/mol. The Balaban J connectivity index is 1.40. The fourth-order valence-corrected chi connectivity index (χ4v) is 4.91. The standard InChI is InChI=1S/C31H36F2N2O9/c1-31(2,40)24-9-5-18(14-34-24)20(17-4-8-21(43-30(32)33)22(12-17)41-19-6-7-19)11-16-3-10-25(35-13-16)44-29-28(39)27(38)26(37)23(15-36)42-29/h3-5,8-10,12-14,19-20,23,26-30,36-40H,6-7,11,15H2,1-2H3/t20-,23?,26+,27?,28-,29-/m0/s1. The number of nitrogens with zero attached hydrogens (tertiary/aromatic N) is 2. The molecule has 13 heteroatoms. The van der Waals surface area contributed by atoms with Gasteiger partial charge in [0.1, 0.15) is 30.0 Å². The van der Waals surface area contributed by atoms with Crippen molar-refractivity contribution < 1.29 is 53.3 Å². The number of hydrogen-bond acceptors (Lipinski definition) is 11. The molecule has 6 atom stereocenters. The normalized spacial score (nSPS) is 24.6. The van der Waals surface area contributed by atoms with Gasteiger partial charge in [0.2, 0.25) is 12.2 Å². The van der Waals surface area contributed by atoms with Crippen LogP contribution in [0.15, 0.2) is 54.9 Å². The van der Waals surface area contributed by atoms with Gasteiger partial charge in [-0.15, -0.1) is 0 Å². The molecule has 1 aliphatic heterocycles. The third-order valence-corrected chi connectivity index (χ3v) is 7.54. The highest BCUT2D eigenvalue weighted by atomic mass is 19.3. The molecule has 3 aromatic rings. The molecule has 1 saturated heterocycles. The summed E-state index contributed by atoms with van der Waals surface area (Å²) in [6.07, 6.45) is -1.98. The Morgan fingerprint density at radius 3 is 2.25 bits per heavy atom. The Morgan fingerprint density at radius 2 is 1.66 bits per heavy atom. The van der Waals surface area contributed by atoms with Gasteiger partial charge in [0.15, 0.2) is 11.5 Å². The number of alkyl halides is 2. The Kier molecular flexibility index (Phi) is 9.63. The molecule has 5 rings (SSSR count). The van der Waals surface area contributed by atoms with E-state index in [1.807, 2.05) is 6.07 Å². The van der Waals surface area contributed by atoms with E-state index in [0.717, 1.165) is 29.5 Å². The van der Waals surface area contributed by atoms with Crippen molar-refractivity contribution in [3.8, 4) is 17.4 Å². The van der Waals surface area contributed by atoms with Crippen LogP contribution in [-0.4, -0.2) is 85.5 Å². The van der Waals surface area contributed by atoms with Gasteiger partial charge in [-0.05, 0) is 68.0 Å². The number of ether oxygens (including phenoxy) is 4. The van der Waals surface area contributed by atoms with Crippen molar-refractivity contribution in [2.24, 2.45) is 0 Å². The molecule has 1 saturated carbocycles. The third-order valence-electron chi connectivity index (χ3n) is 7.54. The highest BCUT2D eigenvalue weighted by Crippen LogP contribution is 2.39. The Morgan fingerprint density at radius 1 is 0.909 bits per heavy atom. The smallest absolute Gasteiger partial charge is 0.387 e. The van der Waals surface area contributed by atoms with Crippen molar-refractivity contribution in [1.82, 2.24) is 9.97 Å². The summed E-state index contributed by atoms with van der Waals surface area (Å²) in [6, 6.07) is 11.7. The van der Waals surface area contributed by atoms with Crippen LogP contribution in [0.2, 0.25) is 0 Å². The quantitative estimate of drug-likeness (QED) is 0.203. The van der Waals surface area contributed by atoms with E-state index in [0.29, 0.717) is 12.1 Å². The lowest BCUT2D eigenvalue weighted by Crippen LogP contribution is -2.60. The van der Waals surface area contributed by atoms with Gasteiger partial charge in [0, 0.05) is 24.4 Å². The molecule has 2 unspecified atom stereocenters. The summed E-state index contributed by atoms with van der Waals surface area (Å²) >= 11 is 0. The van der Waals surface area contributed by atoms with E-state index in [1.54, 1.807) is 56.6 Å². The highest BCUT2D eigenvalue weighted by molar-refractivity contribution is 5.47. The predicted octanol–water partition coefficient (Wildman–Crippen LogP) is 2.40. The topological polar surface area (TPSA) is 164 Å². The van der Waals surface area contributed by atoms with Crippen molar-refractivity contribution >= 4 is 0 Å². The molecule has 2 aliphatic rings. The van der Waals surface area contributed by atoms with Crippen molar-refractivity contribution in [3.05, 3.63) is 77.2 Å². The first kappa shape index (κ1) is 31.9. The van der Waals surface area contributed by atoms with E-state index in [-0.39, 0.29) is 29.4 Å². The number of rotatable bonds is 12. The maximum Gasteiger partial charge on any atom is 0.387 e. The number of benzene rings is 1. The third kappa shape index (κ3) is 7.60. The van der Waals surface area contributed by atoms with Gasteiger partial charge in [0.25, 0.3) is 0 Å². The van der Waals surface area contributed by atoms with Crippen LogP contribution in [0.3, 0.4) is 0 Å². The van der Waals surface area contributed by atoms with Crippen molar-refractivity contribution in [1.29, 1.82) is 0 Å². The predicted molar refractivity (Wildman–Crippen MR) is 150 cm³/mol. The van der Waals surface area contributed by atoms with Gasteiger partial charge < -0.3 is 44.5 Å². The second-order valence-electron chi connectivity index (χ2n) is 11.5. The van der Waals surface area contributed by atoms with E-state index < -0.39 is 49.5 Å². The van der Waals surface area contributed by atoms with Crippen LogP contribution in [0.5, 0.6) is 17.4 Å². The number of aliphatic hydroxyl groups excluding tert-OH is 4. The summed E-state index contributed by atoms with van der Waals surface area (Å²) in [7, 11) is 0. The van der Waals surface area contributed by atoms with Crippen molar-refractivity contribution in [2.75, 3.05) is 6.61 Å². The molecule has 0 spiro atoms. The summed E-state index contributed by atoms with van der Waals surface area (Å²) < 4.78 is 47.8. The zero-order chi connectivity index (χ0) is 31.6. The fourth-order valence-electron chi connectivity index (χ4n) is 4.91. The minimum atomic E-state index is -3.01. The average molecular weight is 619 g/mol. The van der Waals surface area contributed by atoms with E-state index in [4.69, 9.17) is 18.9 Å². The second-order valence-corrected chi connectivity index (χ2v) is 11.5. The molecule has 2 aromatic heterocycles. The Bertz CT molecular complexity index is 1380. The van der Waals surface area contributed by atoms with Gasteiger partial charge in [-0.3, -0.25) is 4.98 Å². The maximum atomic E-state index is 13.1. The van der Waals surface area contributed by atoms with Gasteiger partial charge in [-0.2, -0.15) is 8.78 Å². The molecular formula is C31H36F2N2O9. The Hall–Kier alpha value is -3.46. The lowest BCUT2D eigenvalue weighted by atomic mass is 9.86. The second kappa shape index (κ2) is 13.3. The molecule has 0 radical (unpaired) electrons. The molecule has 238 valence electrons. The summed E-state index contributed by atoms with van der Waals surface area (Å²) in [4.78, 5) is 8.76. The first-order chi connectivity index (χ1) is 20.9. The van der Waals surface area contributed by atoms with Crippen LogP contribution in [0, 0.1) is 0 Å². The SMILES string of the molecule is CC(C)(O)c1ccc([C@@H](Cc2ccc(O[C@@H]3OC(CO)[C@@H](O)C(O)[C@@H]3O)nc2)c2ccc(OC(F)F)c(OC3CC3)c2)cn1. The number of halogens is 2. The molecule has 2 fully saturated rings. The number of hydrogen-bond donors (Lipinski definition) is 5. The van der Waals surface area contributed by atoms with Crippen LogP contribution in [0.25, 0.3) is 0 Å². The molecule has 1 aliphatic carbocycles. The minimum Gasteiger partial charge on any atom is -0.487 e. The molecule has 44 heavy (non-hydrogen) atoms. The van der Waals surface area contributed by atoms with Crippen LogP contribution in [-0.2, 0) is 16.8 Å². The largest absolute Gasteiger partial charge is 0.487 e. The van der Waals surface area contributed by atoms with Crippen molar-refractivity contribution in [2.45, 2.75) is 88.1 Å². The van der Waals surface area contributed by atoms with E-state index in [2.05, 4.69) is 9.97 Å². The minimum absolute atomic E-state index is 0.0544. The van der Waals surface area contributed by atoms with Crippen LogP contribution in [0.1, 0.15) is 55.0 Å². The van der Waals surface area contributed by atoms with Crippen LogP contribution in [0.4, 0.5) is 8.78 Å².